The van der Waals surface area contributed by atoms with Crippen molar-refractivity contribution in [1.82, 2.24) is 20.6 Å². The number of nitrogens with zero attached hydrogens (tertiary/aromatic N) is 4. The summed E-state index contributed by atoms with van der Waals surface area (Å²) in [5, 5.41) is 14.0. The van der Waals surface area contributed by atoms with E-state index in [4.69, 9.17) is 9.47 Å². The zero-order valence-electron chi connectivity index (χ0n) is 21.9. The molecule has 0 atom stereocenters. The first-order chi connectivity index (χ1) is 17.0. The number of tetrazole rings is 1. The van der Waals surface area contributed by atoms with Crippen LogP contribution in [-0.4, -0.2) is 40.4 Å². The van der Waals surface area contributed by atoms with Gasteiger partial charge in [-0.2, -0.15) is 0 Å². The summed E-state index contributed by atoms with van der Waals surface area (Å²) in [6.07, 6.45) is 1.97. The number of carbonyl (C=O) groups excluding carboxylic acids is 1. The molecule has 4 rings (SSSR count). The van der Waals surface area contributed by atoms with Crippen LogP contribution in [0.25, 0.3) is 6.08 Å². The zero-order chi connectivity index (χ0) is 26.1. The second kappa shape index (κ2) is 10.1. The Kier molecular flexibility index (Phi) is 7.24. The fraction of sp³-hybridized carbons (Fsp3) is 0.407. The van der Waals surface area contributed by atoms with Crippen molar-refractivity contribution < 1.29 is 14.3 Å². The molecular weight excluding hydrogens is 474 g/mol. The van der Waals surface area contributed by atoms with Gasteiger partial charge in [0.2, 0.25) is 0 Å². The number of nitrogens with one attached hydrogen (secondary N) is 1. The molecule has 8 nitrogen and oxygen atoms in total. The molecule has 0 saturated carbocycles. The highest BCUT2D eigenvalue weighted by molar-refractivity contribution is 8.04. The number of fused-ring (bicyclic) bond motifs is 1. The summed E-state index contributed by atoms with van der Waals surface area (Å²) in [6.45, 7) is 13.4. The maximum Gasteiger partial charge on any atom is 0.265 e. The SMILES string of the molecule is COCOc1c(C(C)(C)C)cc(C=C2Sc3ccccc3N(Cc3nnn[nH]3)C2=O)cc1C(C)(C)C. The Morgan fingerprint density at radius 1 is 1.06 bits per heavy atom. The van der Waals surface area contributed by atoms with E-state index in [9.17, 15) is 4.79 Å². The van der Waals surface area contributed by atoms with E-state index in [-0.39, 0.29) is 30.1 Å². The van der Waals surface area contributed by atoms with Gasteiger partial charge in [0.25, 0.3) is 5.91 Å². The number of hydrogen-bond acceptors (Lipinski definition) is 7. The van der Waals surface area contributed by atoms with Crippen LogP contribution in [0, 0.1) is 0 Å². The number of rotatable bonds is 6. The van der Waals surface area contributed by atoms with E-state index in [1.165, 1.54) is 11.8 Å². The lowest BCUT2D eigenvalue weighted by atomic mass is 9.78. The lowest BCUT2D eigenvalue weighted by Crippen LogP contribution is -2.34. The monoisotopic (exact) mass is 507 g/mol. The number of amides is 1. The summed E-state index contributed by atoms with van der Waals surface area (Å²) in [7, 11) is 1.62. The van der Waals surface area contributed by atoms with Crippen molar-refractivity contribution in [1.29, 1.82) is 0 Å². The molecule has 0 aliphatic carbocycles. The quantitative estimate of drug-likeness (QED) is 0.350. The minimum Gasteiger partial charge on any atom is -0.467 e. The average Bonchev–Trinajstić information content (AvgIpc) is 3.32. The lowest BCUT2D eigenvalue weighted by molar-refractivity contribution is -0.114. The summed E-state index contributed by atoms with van der Waals surface area (Å²) in [4.78, 5) is 17.1. The van der Waals surface area contributed by atoms with E-state index < -0.39 is 0 Å². The summed E-state index contributed by atoms with van der Waals surface area (Å²) in [5.41, 5.74) is 3.56. The molecule has 1 N–H and O–H groups in total. The molecule has 3 aromatic rings. The molecule has 2 aromatic carbocycles. The number of aromatic nitrogens is 4. The number of para-hydroxylation sites is 1. The Balaban J connectivity index is 1.83. The third-order valence-corrected chi connectivity index (χ3v) is 6.95. The Hall–Kier alpha value is -3.17. The van der Waals surface area contributed by atoms with E-state index in [2.05, 4.69) is 74.3 Å². The van der Waals surface area contributed by atoms with Crippen LogP contribution in [0.4, 0.5) is 5.69 Å². The molecule has 1 aliphatic rings. The Labute approximate surface area is 216 Å². The first-order valence-electron chi connectivity index (χ1n) is 11.8. The normalized spacial score (nSPS) is 15.4. The number of H-pyrrole nitrogens is 1. The van der Waals surface area contributed by atoms with Crippen LogP contribution in [-0.2, 0) is 26.9 Å². The highest BCUT2D eigenvalue weighted by Gasteiger charge is 2.31. The molecule has 0 radical (unpaired) electrons. The second-order valence-corrected chi connectivity index (χ2v) is 11.9. The van der Waals surface area contributed by atoms with Crippen LogP contribution in [0.1, 0.15) is 64.1 Å². The van der Waals surface area contributed by atoms with Crippen LogP contribution in [0.3, 0.4) is 0 Å². The fourth-order valence-electron chi connectivity index (χ4n) is 4.09. The van der Waals surface area contributed by atoms with E-state index >= 15 is 0 Å². The fourth-order valence-corrected chi connectivity index (χ4v) is 5.15. The van der Waals surface area contributed by atoms with Crippen LogP contribution < -0.4 is 9.64 Å². The largest absolute Gasteiger partial charge is 0.467 e. The van der Waals surface area contributed by atoms with E-state index in [0.29, 0.717) is 10.7 Å². The number of aromatic amines is 1. The molecule has 1 aliphatic heterocycles. The number of methoxy groups -OCH3 is 1. The van der Waals surface area contributed by atoms with Gasteiger partial charge in [0.15, 0.2) is 12.6 Å². The molecule has 1 amide bonds. The van der Waals surface area contributed by atoms with Crippen LogP contribution in [0.2, 0.25) is 0 Å². The first-order valence-corrected chi connectivity index (χ1v) is 12.6. The highest BCUT2D eigenvalue weighted by atomic mass is 32.2. The van der Waals surface area contributed by atoms with Gasteiger partial charge >= 0.3 is 0 Å². The number of thioether (sulfide) groups is 1. The van der Waals surface area contributed by atoms with E-state index in [1.54, 1.807) is 12.0 Å². The summed E-state index contributed by atoms with van der Waals surface area (Å²) >= 11 is 1.48. The summed E-state index contributed by atoms with van der Waals surface area (Å²) in [6, 6.07) is 12.1. The average molecular weight is 508 g/mol. The number of ether oxygens (including phenoxy) is 2. The smallest absolute Gasteiger partial charge is 0.265 e. The first kappa shape index (κ1) is 25.9. The minimum absolute atomic E-state index is 0.0931. The molecule has 2 heterocycles. The van der Waals surface area contributed by atoms with Gasteiger partial charge in [0.1, 0.15) is 5.75 Å². The van der Waals surface area contributed by atoms with Crippen molar-refractivity contribution in [3.8, 4) is 5.75 Å². The standard InChI is InChI=1S/C27H33N5O3S/c1-26(2,3)18-12-17(13-19(27(4,5)6)24(18)35-16-34-7)14-22-25(33)32(15-23-28-30-31-29-23)20-10-8-9-11-21(20)36-22/h8-14H,15-16H2,1-7H3,(H,28,29,30,31). The molecule has 0 bridgehead atoms. The van der Waals surface area contributed by atoms with Gasteiger partial charge in [-0.25, -0.2) is 5.10 Å². The molecular formula is C27H33N5O3S. The highest BCUT2D eigenvalue weighted by Crippen LogP contribution is 2.44. The predicted molar refractivity (Wildman–Crippen MR) is 142 cm³/mol. The van der Waals surface area contributed by atoms with Gasteiger partial charge in [-0.05, 0) is 57.2 Å². The molecule has 0 saturated heterocycles. The Morgan fingerprint density at radius 3 is 2.31 bits per heavy atom. The Morgan fingerprint density at radius 2 is 1.72 bits per heavy atom. The Bertz CT molecular complexity index is 1240. The van der Waals surface area contributed by atoms with Crippen LogP contribution >= 0.6 is 11.8 Å². The maximum absolute atomic E-state index is 13.7. The number of hydrogen-bond donors (Lipinski definition) is 1. The van der Waals surface area contributed by atoms with Gasteiger partial charge in [-0.3, -0.25) is 9.69 Å². The zero-order valence-corrected chi connectivity index (χ0v) is 22.7. The predicted octanol–water partition coefficient (Wildman–Crippen LogP) is 5.46. The van der Waals surface area contributed by atoms with Crippen molar-refractivity contribution >= 4 is 29.4 Å². The summed E-state index contributed by atoms with van der Waals surface area (Å²) < 4.78 is 11.3. The topological polar surface area (TPSA) is 93.2 Å². The molecule has 36 heavy (non-hydrogen) atoms. The van der Waals surface area contributed by atoms with Crippen LogP contribution in [0.5, 0.6) is 5.75 Å². The van der Waals surface area contributed by atoms with Crippen molar-refractivity contribution in [2.24, 2.45) is 0 Å². The second-order valence-electron chi connectivity index (χ2n) is 10.8. The van der Waals surface area contributed by atoms with Gasteiger partial charge in [-0.15, -0.1) is 5.10 Å². The maximum atomic E-state index is 13.7. The van der Waals surface area contributed by atoms with Gasteiger partial charge in [0.05, 0.1) is 17.1 Å². The van der Waals surface area contributed by atoms with Crippen molar-refractivity contribution in [3.63, 3.8) is 0 Å². The number of anilines is 1. The van der Waals surface area contributed by atoms with E-state index in [0.717, 1.165) is 33.0 Å². The third-order valence-electron chi connectivity index (χ3n) is 5.88. The number of carbonyl (C=O) groups is 1. The molecule has 190 valence electrons. The molecule has 9 heteroatoms. The molecule has 0 spiro atoms. The summed E-state index contributed by atoms with van der Waals surface area (Å²) in [5.74, 6) is 1.27. The van der Waals surface area contributed by atoms with Crippen molar-refractivity contribution in [3.05, 3.63) is 63.8 Å². The molecule has 0 fully saturated rings. The van der Waals surface area contributed by atoms with Gasteiger partial charge < -0.3 is 9.47 Å². The van der Waals surface area contributed by atoms with Crippen molar-refractivity contribution in [2.45, 2.75) is 63.8 Å². The van der Waals surface area contributed by atoms with Crippen molar-refractivity contribution in [2.75, 3.05) is 18.8 Å². The lowest BCUT2D eigenvalue weighted by Gasteiger charge is -2.31. The molecule has 0 unspecified atom stereocenters. The molecule has 1 aromatic heterocycles. The van der Waals surface area contributed by atoms with E-state index in [1.807, 2.05) is 30.3 Å². The minimum atomic E-state index is -0.181. The third kappa shape index (κ3) is 5.47. The van der Waals surface area contributed by atoms with Gasteiger partial charge in [0, 0.05) is 23.1 Å². The number of benzene rings is 2. The van der Waals surface area contributed by atoms with Gasteiger partial charge in [-0.1, -0.05) is 65.4 Å². The van der Waals surface area contributed by atoms with Crippen LogP contribution in [0.15, 0.2) is 46.2 Å².